The van der Waals surface area contributed by atoms with Gasteiger partial charge in [0.2, 0.25) is 10.0 Å². The zero-order valence-corrected chi connectivity index (χ0v) is 10.9. The lowest BCUT2D eigenvalue weighted by Gasteiger charge is -2.08. The average molecular weight is 268 g/mol. The third kappa shape index (κ3) is 5.03. The van der Waals surface area contributed by atoms with Crippen LogP contribution in [0.3, 0.4) is 0 Å². The minimum absolute atomic E-state index is 0.364. The van der Waals surface area contributed by atoms with Crippen LogP contribution in [0.5, 0.6) is 0 Å². The summed E-state index contributed by atoms with van der Waals surface area (Å²) in [5.41, 5.74) is 7.29. The molecular formula is C11H16N4O2S. The Hall–Kier alpha value is -1.78. The predicted octanol–water partition coefficient (Wildman–Crippen LogP) is 0.492. The maximum absolute atomic E-state index is 10.8. The Morgan fingerprint density at radius 3 is 2.72 bits per heavy atom. The quantitative estimate of drug-likeness (QED) is 0.514. The van der Waals surface area contributed by atoms with Gasteiger partial charge < -0.3 is 11.1 Å². The van der Waals surface area contributed by atoms with Crippen molar-refractivity contribution in [2.45, 2.75) is 6.42 Å². The smallest absolute Gasteiger partial charge is 0.208 e. The van der Waals surface area contributed by atoms with Crippen LogP contribution >= 0.6 is 0 Å². The van der Waals surface area contributed by atoms with Gasteiger partial charge in [0, 0.05) is 18.8 Å². The Labute approximate surface area is 107 Å². The summed E-state index contributed by atoms with van der Waals surface area (Å²) in [5.74, 6) is 0. The van der Waals surface area contributed by atoms with Crippen molar-refractivity contribution in [2.75, 3.05) is 30.4 Å². The molecule has 0 unspecified atom stereocenters. The minimum atomic E-state index is -3.13. The van der Waals surface area contributed by atoms with Crippen molar-refractivity contribution in [3.63, 3.8) is 0 Å². The predicted molar refractivity (Wildman–Crippen MR) is 71.5 cm³/mol. The van der Waals surface area contributed by atoms with Gasteiger partial charge in [0.05, 0.1) is 17.5 Å². The van der Waals surface area contributed by atoms with Gasteiger partial charge in [-0.1, -0.05) is 0 Å². The highest BCUT2D eigenvalue weighted by Crippen LogP contribution is 2.17. The van der Waals surface area contributed by atoms with Gasteiger partial charge in [0.1, 0.15) is 6.07 Å². The third-order valence-electron chi connectivity index (χ3n) is 2.20. The van der Waals surface area contributed by atoms with E-state index >= 15 is 0 Å². The van der Waals surface area contributed by atoms with Gasteiger partial charge in [-0.15, -0.1) is 0 Å². The van der Waals surface area contributed by atoms with Gasteiger partial charge in [0.25, 0.3) is 0 Å². The molecule has 0 radical (unpaired) electrons. The van der Waals surface area contributed by atoms with Crippen molar-refractivity contribution in [1.82, 2.24) is 4.72 Å². The molecule has 18 heavy (non-hydrogen) atoms. The van der Waals surface area contributed by atoms with E-state index in [2.05, 4.69) is 10.0 Å². The van der Waals surface area contributed by atoms with Crippen LogP contribution in [0.1, 0.15) is 12.0 Å². The number of anilines is 2. The van der Waals surface area contributed by atoms with E-state index in [1.807, 2.05) is 6.07 Å². The Morgan fingerprint density at radius 1 is 1.39 bits per heavy atom. The first-order chi connectivity index (χ1) is 8.42. The van der Waals surface area contributed by atoms with Gasteiger partial charge in [-0.3, -0.25) is 0 Å². The van der Waals surface area contributed by atoms with Crippen LogP contribution in [0.2, 0.25) is 0 Å². The number of hydrogen-bond donors (Lipinski definition) is 3. The number of sulfonamides is 1. The van der Waals surface area contributed by atoms with Gasteiger partial charge in [-0.05, 0) is 24.6 Å². The molecule has 1 rings (SSSR count). The number of rotatable bonds is 6. The van der Waals surface area contributed by atoms with E-state index in [0.717, 1.165) is 6.26 Å². The number of nitrogen functional groups attached to an aromatic ring is 1. The molecule has 0 aromatic heterocycles. The molecule has 98 valence electrons. The molecule has 0 aliphatic carbocycles. The van der Waals surface area contributed by atoms with Crippen molar-refractivity contribution < 1.29 is 8.42 Å². The summed E-state index contributed by atoms with van der Waals surface area (Å²) in [5, 5.41) is 12.0. The maximum Gasteiger partial charge on any atom is 0.208 e. The summed E-state index contributed by atoms with van der Waals surface area (Å²) in [6.45, 7) is 0.934. The van der Waals surface area contributed by atoms with Crippen LogP contribution in [0.25, 0.3) is 0 Å². The van der Waals surface area contributed by atoms with Gasteiger partial charge in [-0.2, -0.15) is 5.26 Å². The van der Waals surface area contributed by atoms with Gasteiger partial charge >= 0.3 is 0 Å². The normalized spacial score (nSPS) is 10.9. The standard InChI is InChI=1S/C11H16N4O2S/c1-18(16,17)15-6-2-5-14-11-4-3-10(13)7-9(11)8-12/h3-4,7,14-15H,2,5-6,13H2,1H3. The number of nitrogens with two attached hydrogens (primary N) is 1. The highest BCUT2D eigenvalue weighted by molar-refractivity contribution is 7.88. The fourth-order valence-corrected chi connectivity index (χ4v) is 1.89. The molecule has 4 N–H and O–H groups in total. The first kappa shape index (κ1) is 14.3. The van der Waals surface area contributed by atoms with Crippen LogP contribution in [0.15, 0.2) is 18.2 Å². The molecule has 0 spiro atoms. The second-order valence-corrected chi connectivity index (χ2v) is 5.70. The lowest BCUT2D eigenvalue weighted by atomic mass is 10.1. The fraction of sp³-hybridized carbons (Fsp3) is 0.364. The molecule has 6 nitrogen and oxygen atoms in total. The first-order valence-corrected chi connectivity index (χ1v) is 7.29. The molecule has 0 fully saturated rings. The van der Waals surface area contributed by atoms with E-state index in [0.29, 0.717) is 36.4 Å². The van der Waals surface area contributed by atoms with E-state index in [4.69, 9.17) is 11.0 Å². The van der Waals surface area contributed by atoms with Crippen molar-refractivity contribution in [2.24, 2.45) is 0 Å². The number of nitrogens with one attached hydrogen (secondary N) is 2. The minimum Gasteiger partial charge on any atom is -0.399 e. The molecule has 0 saturated carbocycles. The molecule has 0 bridgehead atoms. The zero-order valence-electron chi connectivity index (χ0n) is 10.1. The molecule has 0 heterocycles. The van der Waals surface area contributed by atoms with Crippen LogP contribution in [-0.2, 0) is 10.0 Å². The molecule has 7 heteroatoms. The average Bonchev–Trinajstić information content (AvgIpc) is 2.28. The van der Waals surface area contributed by atoms with Crippen molar-refractivity contribution in [3.05, 3.63) is 23.8 Å². The van der Waals surface area contributed by atoms with E-state index < -0.39 is 10.0 Å². The molecule has 0 saturated heterocycles. The van der Waals surface area contributed by atoms with Crippen molar-refractivity contribution in [1.29, 1.82) is 5.26 Å². The Morgan fingerprint density at radius 2 is 2.11 bits per heavy atom. The lowest BCUT2D eigenvalue weighted by molar-refractivity contribution is 0.586. The largest absolute Gasteiger partial charge is 0.399 e. The highest BCUT2D eigenvalue weighted by atomic mass is 32.2. The fourth-order valence-electron chi connectivity index (χ4n) is 1.38. The summed E-state index contributed by atoms with van der Waals surface area (Å²) in [4.78, 5) is 0. The maximum atomic E-state index is 10.8. The van der Waals surface area contributed by atoms with E-state index in [9.17, 15) is 8.42 Å². The number of nitrogens with zero attached hydrogens (tertiary/aromatic N) is 1. The summed E-state index contributed by atoms with van der Waals surface area (Å²) in [6, 6.07) is 7.08. The van der Waals surface area contributed by atoms with Crippen molar-refractivity contribution in [3.8, 4) is 6.07 Å². The molecule has 0 amide bonds. The second-order valence-electron chi connectivity index (χ2n) is 3.86. The molecule has 0 atom stereocenters. The molecule has 1 aromatic carbocycles. The van der Waals surface area contributed by atoms with Crippen LogP contribution in [-0.4, -0.2) is 27.8 Å². The molecular weight excluding hydrogens is 252 g/mol. The van der Waals surface area contributed by atoms with E-state index in [1.165, 1.54) is 0 Å². The SMILES string of the molecule is CS(=O)(=O)NCCCNc1ccc(N)cc1C#N. The number of benzene rings is 1. The third-order valence-corrected chi connectivity index (χ3v) is 2.93. The Bertz CT molecular complexity index is 549. The number of hydrogen-bond acceptors (Lipinski definition) is 5. The monoisotopic (exact) mass is 268 g/mol. The Kier molecular flexibility index (Phi) is 4.95. The van der Waals surface area contributed by atoms with E-state index in [-0.39, 0.29) is 0 Å². The molecule has 1 aromatic rings. The van der Waals surface area contributed by atoms with Crippen LogP contribution in [0.4, 0.5) is 11.4 Å². The second kappa shape index (κ2) is 6.23. The number of nitriles is 1. The topological polar surface area (TPSA) is 108 Å². The summed E-state index contributed by atoms with van der Waals surface area (Å²) in [7, 11) is -3.13. The lowest BCUT2D eigenvalue weighted by Crippen LogP contribution is -2.24. The Balaban J connectivity index is 2.43. The zero-order chi connectivity index (χ0) is 13.6. The summed E-state index contributed by atoms with van der Waals surface area (Å²) in [6.07, 6.45) is 1.75. The van der Waals surface area contributed by atoms with Gasteiger partial charge in [-0.25, -0.2) is 13.1 Å². The van der Waals surface area contributed by atoms with Gasteiger partial charge in [0.15, 0.2) is 0 Å². The van der Waals surface area contributed by atoms with Crippen LogP contribution in [0, 0.1) is 11.3 Å². The summed E-state index contributed by atoms with van der Waals surface area (Å²) < 4.78 is 24.0. The molecule has 0 aliphatic heterocycles. The molecule has 0 aliphatic rings. The van der Waals surface area contributed by atoms with E-state index in [1.54, 1.807) is 18.2 Å². The first-order valence-electron chi connectivity index (χ1n) is 5.40. The highest BCUT2D eigenvalue weighted by Gasteiger charge is 2.02. The van der Waals surface area contributed by atoms with Crippen LogP contribution < -0.4 is 15.8 Å². The van der Waals surface area contributed by atoms with Crippen molar-refractivity contribution >= 4 is 21.4 Å². The summed E-state index contributed by atoms with van der Waals surface area (Å²) >= 11 is 0.